The van der Waals surface area contributed by atoms with E-state index in [1.54, 1.807) is 35.1 Å². The van der Waals surface area contributed by atoms with Gasteiger partial charge in [0.2, 0.25) is 17.7 Å². The standard InChI is InChI=1S/C22H21N5O3/c1-14(28)24-17-7-9-18(10-8-17)25-20(29)11-16-13-27-21(26-22(16)30)19(12-23-27)15-5-3-2-4-6-15/h2-10,12,16H,11,13H2,1H3,(H,24,28)(H,25,29)(H,26,30). The topological polar surface area (TPSA) is 105 Å². The first kappa shape index (κ1) is 19.4. The van der Waals surface area contributed by atoms with Crippen molar-refractivity contribution in [2.75, 3.05) is 16.0 Å². The lowest BCUT2D eigenvalue weighted by Gasteiger charge is -2.24. The van der Waals surface area contributed by atoms with E-state index in [0.717, 1.165) is 11.1 Å². The number of nitrogens with zero attached hydrogens (tertiary/aromatic N) is 2. The molecule has 1 atom stereocenters. The number of hydrogen-bond donors (Lipinski definition) is 3. The van der Waals surface area contributed by atoms with Crippen LogP contribution in [0.1, 0.15) is 13.3 Å². The van der Waals surface area contributed by atoms with E-state index in [-0.39, 0.29) is 24.1 Å². The first-order valence-corrected chi connectivity index (χ1v) is 9.59. The van der Waals surface area contributed by atoms with Gasteiger partial charge in [0.1, 0.15) is 5.82 Å². The molecule has 3 N–H and O–H groups in total. The van der Waals surface area contributed by atoms with Crippen molar-refractivity contribution in [3.05, 3.63) is 60.8 Å². The average Bonchev–Trinajstić information content (AvgIpc) is 3.12. The smallest absolute Gasteiger partial charge is 0.231 e. The summed E-state index contributed by atoms with van der Waals surface area (Å²) in [7, 11) is 0. The van der Waals surface area contributed by atoms with E-state index >= 15 is 0 Å². The predicted octanol–water partition coefficient (Wildman–Crippen LogP) is 3.11. The van der Waals surface area contributed by atoms with Crippen LogP contribution >= 0.6 is 0 Å². The normalized spacial score (nSPS) is 15.1. The molecule has 0 saturated carbocycles. The lowest BCUT2D eigenvalue weighted by atomic mass is 10.0. The van der Waals surface area contributed by atoms with Crippen LogP contribution in [0.2, 0.25) is 0 Å². The number of hydrogen-bond acceptors (Lipinski definition) is 4. The van der Waals surface area contributed by atoms with E-state index in [2.05, 4.69) is 21.0 Å². The van der Waals surface area contributed by atoms with Gasteiger partial charge in [-0.05, 0) is 29.8 Å². The Balaban J connectivity index is 1.40. The summed E-state index contributed by atoms with van der Waals surface area (Å²) in [5.41, 5.74) is 3.06. The van der Waals surface area contributed by atoms with Crippen LogP contribution in [0.15, 0.2) is 60.8 Å². The molecule has 8 heteroatoms. The molecule has 1 unspecified atom stereocenters. The number of aromatic nitrogens is 2. The van der Waals surface area contributed by atoms with Crippen LogP contribution in [0.5, 0.6) is 0 Å². The fraction of sp³-hybridized carbons (Fsp3) is 0.182. The summed E-state index contributed by atoms with van der Waals surface area (Å²) in [5, 5.41) is 12.7. The molecule has 0 saturated heterocycles. The number of carbonyl (C=O) groups excluding carboxylic acids is 3. The van der Waals surface area contributed by atoms with Crippen molar-refractivity contribution in [2.24, 2.45) is 5.92 Å². The Morgan fingerprint density at radius 3 is 2.40 bits per heavy atom. The Bertz CT molecular complexity index is 1090. The molecule has 1 aromatic heterocycles. The summed E-state index contributed by atoms with van der Waals surface area (Å²) in [6.07, 6.45) is 1.77. The number of anilines is 3. The van der Waals surface area contributed by atoms with Gasteiger partial charge in [0.05, 0.1) is 18.7 Å². The Morgan fingerprint density at radius 2 is 1.73 bits per heavy atom. The van der Waals surface area contributed by atoms with Gasteiger partial charge in [-0.25, -0.2) is 4.68 Å². The summed E-state index contributed by atoms with van der Waals surface area (Å²) in [5.74, 6) is -0.489. The molecule has 0 radical (unpaired) electrons. The van der Waals surface area contributed by atoms with Crippen LogP contribution in [0, 0.1) is 5.92 Å². The Kier molecular flexibility index (Phi) is 5.30. The molecular weight excluding hydrogens is 382 g/mol. The first-order chi connectivity index (χ1) is 14.5. The molecule has 152 valence electrons. The van der Waals surface area contributed by atoms with Gasteiger partial charge in [-0.1, -0.05) is 30.3 Å². The summed E-state index contributed by atoms with van der Waals surface area (Å²) >= 11 is 0. The minimum Gasteiger partial charge on any atom is -0.326 e. The third-order valence-electron chi connectivity index (χ3n) is 4.85. The largest absolute Gasteiger partial charge is 0.326 e. The number of fused-ring (bicyclic) bond motifs is 1. The van der Waals surface area contributed by atoms with Crippen LogP contribution in [0.3, 0.4) is 0 Å². The van der Waals surface area contributed by atoms with Crippen molar-refractivity contribution in [3.8, 4) is 11.1 Å². The molecule has 3 aromatic rings. The average molecular weight is 403 g/mol. The summed E-state index contributed by atoms with van der Waals surface area (Å²) in [6.45, 7) is 1.77. The molecule has 4 rings (SSSR count). The van der Waals surface area contributed by atoms with Crippen LogP contribution < -0.4 is 16.0 Å². The van der Waals surface area contributed by atoms with Gasteiger partial charge in [0, 0.05) is 30.3 Å². The highest BCUT2D eigenvalue weighted by atomic mass is 16.2. The number of rotatable bonds is 5. The van der Waals surface area contributed by atoms with Crippen LogP contribution in [-0.4, -0.2) is 27.5 Å². The molecule has 0 aliphatic carbocycles. The highest BCUT2D eigenvalue weighted by molar-refractivity contribution is 6.00. The third-order valence-corrected chi connectivity index (χ3v) is 4.85. The van der Waals surface area contributed by atoms with E-state index in [1.165, 1.54) is 6.92 Å². The summed E-state index contributed by atoms with van der Waals surface area (Å²) in [4.78, 5) is 36.1. The zero-order chi connectivity index (χ0) is 21.1. The first-order valence-electron chi connectivity index (χ1n) is 9.59. The van der Waals surface area contributed by atoms with Crippen molar-refractivity contribution in [1.82, 2.24) is 9.78 Å². The molecule has 0 spiro atoms. The van der Waals surface area contributed by atoms with Gasteiger partial charge < -0.3 is 16.0 Å². The second-order valence-electron chi connectivity index (χ2n) is 7.15. The molecule has 1 aliphatic heterocycles. The van der Waals surface area contributed by atoms with Gasteiger partial charge in [-0.3, -0.25) is 14.4 Å². The zero-order valence-corrected chi connectivity index (χ0v) is 16.4. The van der Waals surface area contributed by atoms with E-state index in [1.807, 2.05) is 30.3 Å². The Morgan fingerprint density at radius 1 is 1.07 bits per heavy atom. The van der Waals surface area contributed by atoms with Crippen molar-refractivity contribution in [1.29, 1.82) is 0 Å². The van der Waals surface area contributed by atoms with Crippen LogP contribution in [0.25, 0.3) is 11.1 Å². The molecule has 0 bridgehead atoms. The Labute approximate surface area is 173 Å². The monoisotopic (exact) mass is 403 g/mol. The molecule has 8 nitrogen and oxygen atoms in total. The highest BCUT2D eigenvalue weighted by Crippen LogP contribution is 2.31. The maximum Gasteiger partial charge on any atom is 0.231 e. The van der Waals surface area contributed by atoms with Gasteiger partial charge in [-0.2, -0.15) is 5.10 Å². The van der Waals surface area contributed by atoms with Crippen molar-refractivity contribution >= 4 is 34.9 Å². The third kappa shape index (κ3) is 4.22. The second-order valence-corrected chi connectivity index (χ2v) is 7.15. The predicted molar refractivity (Wildman–Crippen MR) is 114 cm³/mol. The molecule has 2 heterocycles. The van der Waals surface area contributed by atoms with Gasteiger partial charge >= 0.3 is 0 Å². The van der Waals surface area contributed by atoms with Crippen LogP contribution in [0.4, 0.5) is 17.2 Å². The van der Waals surface area contributed by atoms with E-state index in [4.69, 9.17) is 0 Å². The van der Waals surface area contributed by atoms with Crippen molar-refractivity contribution in [2.45, 2.75) is 19.9 Å². The molecule has 30 heavy (non-hydrogen) atoms. The molecule has 3 amide bonds. The number of carbonyl (C=O) groups is 3. The van der Waals surface area contributed by atoms with E-state index < -0.39 is 5.92 Å². The number of amides is 3. The lowest BCUT2D eigenvalue weighted by Crippen LogP contribution is -2.36. The summed E-state index contributed by atoms with van der Waals surface area (Å²) < 4.78 is 1.73. The van der Waals surface area contributed by atoms with Gasteiger partial charge in [0.25, 0.3) is 0 Å². The van der Waals surface area contributed by atoms with Crippen LogP contribution in [-0.2, 0) is 20.9 Å². The molecule has 2 aromatic carbocycles. The van der Waals surface area contributed by atoms with Gasteiger partial charge in [0.15, 0.2) is 0 Å². The SMILES string of the molecule is CC(=O)Nc1ccc(NC(=O)CC2Cn3ncc(-c4ccccc4)c3NC2=O)cc1. The maximum atomic E-state index is 12.6. The molecule has 0 fully saturated rings. The fourth-order valence-corrected chi connectivity index (χ4v) is 3.43. The van der Waals surface area contributed by atoms with Crippen molar-refractivity contribution in [3.63, 3.8) is 0 Å². The minimum atomic E-state index is -0.514. The quantitative estimate of drug-likeness (QED) is 0.609. The number of nitrogens with one attached hydrogen (secondary N) is 3. The Hall–Kier alpha value is -3.94. The minimum absolute atomic E-state index is 0.0409. The fourth-order valence-electron chi connectivity index (χ4n) is 3.43. The van der Waals surface area contributed by atoms with Crippen molar-refractivity contribution < 1.29 is 14.4 Å². The second kappa shape index (κ2) is 8.20. The maximum absolute atomic E-state index is 12.6. The van der Waals surface area contributed by atoms with Gasteiger partial charge in [-0.15, -0.1) is 0 Å². The lowest BCUT2D eigenvalue weighted by molar-refractivity contribution is -0.125. The highest BCUT2D eigenvalue weighted by Gasteiger charge is 2.30. The summed E-state index contributed by atoms with van der Waals surface area (Å²) in [6, 6.07) is 16.5. The van der Waals surface area contributed by atoms with E-state index in [0.29, 0.717) is 23.7 Å². The zero-order valence-electron chi connectivity index (χ0n) is 16.4. The molecular formula is C22H21N5O3. The molecule has 1 aliphatic rings. The van der Waals surface area contributed by atoms with E-state index in [9.17, 15) is 14.4 Å². The number of benzene rings is 2.